The van der Waals surface area contributed by atoms with Gasteiger partial charge in [-0.15, -0.1) is 0 Å². The molecule has 0 atom stereocenters. The van der Waals surface area contributed by atoms with Crippen LogP contribution in [0.15, 0.2) is 12.2 Å². The van der Waals surface area contributed by atoms with E-state index in [-0.39, 0.29) is 0 Å². The highest BCUT2D eigenvalue weighted by Gasteiger charge is 1.34. The molecule has 0 rings (SSSR count). The third kappa shape index (κ3) is 55.0. The Balaban J connectivity index is 0. The lowest BCUT2D eigenvalue weighted by molar-refractivity contribution is 0.399. The molecule has 0 amide bonds. The molecule has 0 bridgehead atoms. The van der Waals surface area contributed by atoms with E-state index in [0.717, 1.165) is 7.11 Å². The quantitative estimate of drug-likeness (QED) is 0.441. The molecule has 0 radical (unpaired) electrons. The molecule has 38 valence electrons. The van der Waals surface area contributed by atoms with Gasteiger partial charge in [-0.05, 0) is 13.8 Å². The van der Waals surface area contributed by atoms with Crippen LogP contribution in [0.4, 0.5) is 0 Å². The van der Waals surface area contributed by atoms with Crippen molar-refractivity contribution < 1.29 is 5.11 Å². The first-order valence-corrected chi connectivity index (χ1v) is 1.94. The Labute approximate surface area is 39.3 Å². The van der Waals surface area contributed by atoms with E-state index in [4.69, 9.17) is 5.11 Å². The molecule has 6 heavy (non-hydrogen) atoms. The third-order valence-corrected chi connectivity index (χ3v) is 0.333. The second-order valence-electron chi connectivity index (χ2n) is 0.667. The largest absolute Gasteiger partial charge is 0.400 e. The molecule has 0 aliphatic heterocycles. The van der Waals surface area contributed by atoms with Crippen LogP contribution < -0.4 is 0 Å². The summed E-state index contributed by atoms with van der Waals surface area (Å²) < 4.78 is 0. The van der Waals surface area contributed by atoms with Gasteiger partial charge in [0.15, 0.2) is 0 Å². The summed E-state index contributed by atoms with van der Waals surface area (Å²) in [4.78, 5) is 0. The molecule has 0 saturated heterocycles. The van der Waals surface area contributed by atoms with Gasteiger partial charge in [0.05, 0.1) is 0 Å². The Kier molecular flexibility index (Phi) is 34.1. The van der Waals surface area contributed by atoms with Gasteiger partial charge >= 0.3 is 0 Å². The number of hydrogen-bond donors (Lipinski definition) is 1. The Morgan fingerprint density at radius 2 is 1.17 bits per heavy atom. The van der Waals surface area contributed by atoms with Crippen LogP contribution in [0, 0.1) is 0 Å². The minimum absolute atomic E-state index is 1.00. The highest BCUT2D eigenvalue weighted by Crippen LogP contribution is 1.57. The van der Waals surface area contributed by atoms with Crippen molar-refractivity contribution in [2.45, 2.75) is 13.8 Å². The van der Waals surface area contributed by atoms with Gasteiger partial charge in [-0.1, -0.05) is 12.2 Å². The lowest BCUT2D eigenvalue weighted by Crippen LogP contribution is -1.26. The molecule has 0 aliphatic carbocycles. The summed E-state index contributed by atoms with van der Waals surface area (Å²) in [6, 6.07) is 0. The van der Waals surface area contributed by atoms with Gasteiger partial charge in [-0.25, -0.2) is 0 Å². The standard InChI is InChI=1S/C4H8.CH4O/c1-3-4-2;1-2/h3-4H,1-2H3;2H,1H3. The zero-order valence-corrected chi connectivity index (χ0v) is 4.60. The highest BCUT2D eigenvalue weighted by molar-refractivity contribution is 4.68. The lowest BCUT2D eigenvalue weighted by atomic mass is 10.6. The number of allylic oxidation sites excluding steroid dienone is 2. The average Bonchev–Trinajstić information content (AvgIpc) is 1.72. The van der Waals surface area contributed by atoms with Crippen LogP contribution in [0.2, 0.25) is 0 Å². The monoisotopic (exact) mass is 88.1 g/mol. The maximum Gasteiger partial charge on any atom is 0.0319 e. The second-order valence-corrected chi connectivity index (χ2v) is 0.667. The van der Waals surface area contributed by atoms with Crippen molar-refractivity contribution in [3.63, 3.8) is 0 Å². The minimum atomic E-state index is 1.00. The molecule has 0 aromatic rings. The summed E-state index contributed by atoms with van der Waals surface area (Å²) in [6.45, 7) is 4.00. The summed E-state index contributed by atoms with van der Waals surface area (Å²) in [5.74, 6) is 0. The number of aliphatic hydroxyl groups excluding tert-OH is 1. The van der Waals surface area contributed by atoms with Crippen LogP contribution >= 0.6 is 0 Å². The molecule has 1 nitrogen and oxygen atoms in total. The summed E-state index contributed by atoms with van der Waals surface area (Å²) in [6.07, 6.45) is 4.00. The zero-order valence-electron chi connectivity index (χ0n) is 4.60. The zero-order chi connectivity index (χ0) is 5.41. The maximum atomic E-state index is 7.00. The number of rotatable bonds is 0. The van der Waals surface area contributed by atoms with Crippen molar-refractivity contribution in [1.29, 1.82) is 0 Å². The van der Waals surface area contributed by atoms with Crippen molar-refractivity contribution in [2.75, 3.05) is 7.11 Å². The fourth-order valence-electron chi connectivity index (χ4n) is 0. The predicted octanol–water partition coefficient (Wildman–Crippen LogP) is 1.19. The van der Waals surface area contributed by atoms with E-state index < -0.39 is 0 Å². The number of aliphatic hydroxyl groups is 1. The van der Waals surface area contributed by atoms with Gasteiger partial charge in [-0.3, -0.25) is 0 Å². The summed E-state index contributed by atoms with van der Waals surface area (Å²) >= 11 is 0. The summed E-state index contributed by atoms with van der Waals surface area (Å²) in [5, 5.41) is 7.00. The van der Waals surface area contributed by atoms with Gasteiger partial charge in [0.25, 0.3) is 0 Å². The van der Waals surface area contributed by atoms with Gasteiger partial charge in [-0.2, -0.15) is 0 Å². The van der Waals surface area contributed by atoms with Crippen LogP contribution in [0.5, 0.6) is 0 Å². The van der Waals surface area contributed by atoms with E-state index in [2.05, 4.69) is 0 Å². The minimum Gasteiger partial charge on any atom is -0.400 e. The van der Waals surface area contributed by atoms with Gasteiger partial charge < -0.3 is 5.11 Å². The highest BCUT2D eigenvalue weighted by atomic mass is 16.2. The van der Waals surface area contributed by atoms with Crippen molar-refractivity contribution in [3.8, 4) is 0 Å². The Morgan fingerprint density at radius 1 is 1.00 bits per heavy atom. The van der Waals surface area contributed by atoms with E-state index in [1.165, 1.54) is 0 Å². The molecule has 0 aromatic carbocycles. The Bertz CT molecular complexity index is 19.1. The first kappa shape index (κ1) is 9.20. The molecular weight excluding hydrogens is 76.1 g/mol. The fraction of sp³-hybridized carbons (Fsp3) is 0.600. The van der Waals surface area contributed by atoms with Crippen LogP contribution in [-0.2, 0) is 0 Å². The van der Waals surface area contributed by atoms with Crippen molar-refractivity contribution in [1.82, 2.24) is 0 Å². The lowest BCUT2D eigenvalue weighted by Gasteiger charge is -1.49. The predicted molar refractivity (Wildman–Crippen MR) is 28.6 cm³/mol. The molecule has 1 heteroatoms. The molecule has 0 spiro atoms. The normalized spacial score (nSPS) is 7.33. The van der Waals surface area contributed by atoms with Crippen LogP contribution in [0.25, 0.3) is 0 Å². The van der Waals surface area contributed by atoms with Crippen molar-refractivity contribution >= 4 is 0 Å². The summed E-state index contributed by atoms with van der Waals surface area (Å²) in [5.41, 5.74) is 0. The Morgan fingerprint density at radius 3 is 1.17 bits per heavy atom. The Hall–Kier alpha value is -0.300. The van der Waals surface area contributed by atoms with E-state index in [0.29, 0.717) is 0 Å². The van der Waals surface area contributed by atoms with Gasteiger partial charge in [0, 0.05) is 7.11 Å². The van der Waals surface area contributed by atoms with Crippen LogP contribution in [0.3, 0.4) is 0 Å². The smallest absolute Gasteiger partial charge is 0.0319 e. The fourth-order valence-corrected chi connectivity index (χ4v) is 0. The average molecular weight is 88.1 g/mol. The maximum absolute atomic E-state index is 7.00. The second kappa shape index (κ2) is 22.3. The molecule has 1 N–H and O–H groups in total. The topological polar surface area (TPSA) is 20.2 Å². The first-order valence-electron chi connectivity index (χ1n) is 1.94. The van der Waals surface area contributed by atoms with E-state index >= 15 is 0 Å². The SMILES string of the molecule is CC=CC.CO. The molecule has 0 aliphatic rings. The molecular formula is C5H12O. The van der Waals surface area contributed by atoms with Crippen molar-refractivity contribution in [3.05, 3.63) is 12.2 Å². The molecule has 0 heterocycles. The number of hydrogen-bond acceptors (Lipinski definition) is 1. The van der Waals surface area contributed by atoms with Crippen molar-refractivity contribution in [2.24, 2.45) is 0 Å². The van der Waals surface area contributed by atoms with Crippen LogP contribution in [-0.4, -0.2) is 12.2 Å². The van der Waals surface area contributed by atoms with E-state index in [9.17, 15) is 0 Å². The molecule has 0 saturated carbocycles. The summed E-state index contributed by atoms with van der Waals surface area (Å²) in [7, 11) is 1.00. The third-order valence-electron chi connectivity index (χ3n) is 0.333. The van der Waals surface area contributed by atoms with Gasteiger partial charge in [0.1, 0.15) is 0 Å². The first-order chi connectivity index (χ1) is 2.91. The van der Waals surface area contributed by atoms with Gasteiger partial charge in [0.2, 0.25) is 0 Å². The van der Waals surface area contributed by atoms with E-state index in [1.807, 2.05) is 26.0 Å². The molecule has 0 fully saturated rings. The molecule has 0 aromatic heterocycles. The van der Waals surface area contributed by atoms with E-state index in [1.54, 1.807) is 0 Å². The molecule has 0 unspecified atom stereocenters. The van der Waals surface area contributed by atoms with Crippen LogP contribution in [0.1, 0.15) is 13.8 Å².